The standard InChI is InChI=1S/C20H21BrClN2O/c21-16-7-5-15(6-8-16)20(25)14-23(18-11-9-17(22)10-12-18)19-4-2-1-3-13-24(19)20/h5-12,25H,1-4,13-14H2/q+1/t20-/m1/s1. The summed E-state index contributed by atoms with van der Waals surface area (Å²) in [4.78, 5) is 2.25. The molecule has 2 aromatic rings. The van der Waals surface area contributed by atoms with Crippen molar-refractivity contribution in [3.05, 3.63) is 63.6 Å². The minimum Gasteiger partial charge on any atom is -0.346 e. The van der Waals surface area contributed by atoms with Crippen molar-refractivity contribution in [2.24, 2.45) is 0 Å². The van der Waals surface area contributed by atoms with Crippen molar-refractivity contribution in [1.82, 2.24) is 0 Å². The Balaban J connectivity index is 1.79. The fourth-order valence-electron chi connectivity index (χ4n) is 3.90. The molecule has 4 rings (SSSR count). The van der Waals surface area contributed by atoms with E-state index in [1.165, 1.54) is 12.3 Å². The first kappa shape index (κ1) is 17.1. The molecule has 25 heavy (non-hydrogen) atoms. The van der Waals surface area contributed by atoms with Gasteiger partial charge in [-0.15, -0.1) is 0 Å². The smallest absolute Gasteiger partial charge is 0.271 e. The minimum absolute atomic E-state index is 0.533. The quantitative estimate of drug-likeness (QED) is 0.710. The highest BCUT2D eigenvalue weighted by molar-refractivity contribution is 9.10. The number of aliphatic hydroxyl groups is 1. The molecular weight excluding hydrogens is 400 g/mol. The summed E-state index contributed by atoms with van der Waals surface area (Å²) in [6.45, 7) is 1.41. The van der Waals surface area contributed by atoms with Crippen molar-refractivity contribution in [2.75, 3.05) is 18.0 Å². The third-order valence-electron chi connectivity index (χ3n) is 5.18. The van der Waals surface area contributed by atoms with Crippen LogP contribution in [0.2, 0.25) is 5.02 Å². The highest BCUT2D eigenvalue weighted by Crippen LogP contribution is 2.36. The second-order valence-corrected chi connectivity index (χ2v) is 8.12. The predicted molar refractivity (Wildman–Crippen MR) is 105 cm³/mol. The van der Waals surface area contributed by atoms with E-state index in [9.17, 15) is 5.11 Å². The molecular formula is C20H21BrClN2O+. The predicted octanol–water partition coefficient (Wildman–Crippen LogP) is 4.75. The van der Waals surface area contributed by atoms with Crippen LogP contribution >= 0.6 is 27.5 Å². The fraction of sp³-hybridized carbons (Fsp3) is 0.350. The van der Waals surface area contributed by atoms with Crippen molar-refractivity contribution in [2.45, 2.75) is 31.4 Å². The Kier molecular flexibility index (Phi) is 4.61. The van der Waals surface area contributed by atoms with Gasteiger partial charge < -0.3 is 5.11 Å². The van der Waals surface area contributed by atoms with E-state index in [2.05, 4.69) is 25.4 Å². The molecule has 2 heterocycles. The van der Waals surface area contributed by atoms with Gasteiger partial charge >= 0.3 is 0 Å². The van der Waals surface area contributed by atoms with Crippen LogP contribution in [0.5, 0.6) is 0 Å². The number of halogens is 2. The van der Waals surface area contributed by atoms with Crippen LogP contribution < -0.4 is 4.90 Å². The molecule has 0 amide bonds. The fourth-order valence-corrected chi connectivity index (χ4v) is 4.29. The number of β-amino-alcohol motifs (C(OH)–C–C–N with tert-alkyl or cyclic N) is 1. The average Bonchev–Trinajstić information content (AvgIpc) is 2.78. The van der Waals surface area contributed by atoms with Crippen LogP contribution in [0.15, 0.2) is 53.0 Å². The Hall–Kier alpha value is -1.36. The van der Waals surface area contributed by atoms with Gasteiger partial charge in [0.05, 0.1) is 6.54 Å². The van der Waals surface area contributed by atoms with Crippen molar-refractivity contribution >= 4 is 39.1 Å². The van der Waals surface area contributed by atoms with Crippen LogP contribution in [-0.4, -0.2) is 28.6 Å². The van der Waals surface area contributed by atoms with Gasteiger partial charge in [0.1, 0.15) is 5.69 Å². The SMILES string of the molecule is O[C@@]1(c2ccc(Br)cc2)CN(c2ccc(Cl)cc2)C2=[N+]1CCCCC2. The summed E-state index contributed by atoms with van der Waals surface area (Å²) in [6, 6.07) is 15.9. The Morgan fingerprint density at radius 2 is 1.72 bits per heavy atom. The number of nitrogens with zero attached hydrogens (tertiary/aromatic N) is 2. The summed E-state index contributed by atoms with van der Waals surface area (Å²) in [5, 5.41) is 12.4. The van der Waals surface area contributed by atoms with Gasteiger partial charge in [0.2, 0.25) is 0 Å². The van der Waals surface area contributed by atoms with Crippen LogP contribution in [0.1, 0.15) is 31.2 Å². The molecule has 3 nitrogen and oxygen atoms in total. The van der Waals surface area contributed by atoms with Crippen LogP contribution in [0.25, 0.3) is 0 Å². The van der Waals surface area contributed by atoms with Gasteiger partial charge in [-0.3, -0.25) is 0 Å². The number of hydrogen-bond donors (Lipinski definition) is 1. The van der Waals surface area contributed by atoms with Crippen molar-refractivity contribution < 1.29 is 9.68 Å². The third-order valence-corrected chi connectivity index (χ3v) is 5.96. The zero-order chi connectivity index (χ0) is 17.4. The number of amidine groups is 1. The van der Waals surface area contributed by atoms with Crippen molar-refractivity contribution in [3.8, 4) is 0 Å². The molecule has 0 spiro atoms. The monoisotopic (exact) mass is 419 g/mol. The van der Waals surface area contributed by atoms with E-state index in [1.54, 1.807) is 0 Å². The summed E-state index contributed by atoms with van der Waals surface area (Å²) in [6.07, 6.45) is 4.45. The van der Waals surface area contributed by atoms with E-state index in [-0.39, 0.29) is 0 Å². The lowest BCUT2D eigenvalue weighted by Gasteiger charge is -2.23. The van der Waals surface area contributed by atoms with E-state index in [4.69, 9.17) is 11.6 Å². The molecule has 0 bridgehead atoms. The van der Waals surface area contributed by atoms with Gasteiger partial charge in [-0.1, -0.05) is 39.7 Å². The molecule has 2 aliphatic heterocycles. The zero-order valence-corrected chi connectivity index (χ0v) is 16.3. The van der Waals surface area contributed by atoms with Gasteiger partial charge in [-0.2, -0.15) is 0 Å². The molecule has 0 aromatic heterocycles. The summed E-state index contributed by atoms with van der Waals surface area (Å²) in [5.74, 6) is 1.21. The van der Waals surface area contributed by atoms with Gasteiger partial charge in [0.15, 0.2) is 6.54 Å². The first-order chi connectivity index (χ1) is 12.1. The summed E-state index contributed by atoms with van der Waals surface area (Å²) >= 11 is 9.54. The minimum atomic E-state index is -1.000. The van der Waals surface area contributed by atoms with E-state index in [0.29, 0.717) is 6.54 Å². The number of anilines is 1. The molecule has 2 aliphatic rings. The molecule has 1 atom stereocenters. The lowest BCUT2D eigenvalue weighted by atomic mass is 10.0. The molecule has 2 aromatic carbocycles. The summed E-state index contributed by atoms with van der Waals surface area (Å²) in [7, 11) is 0. The lowest BCUT2D eigenvalue weighted by molar-refractivity contribution is -0.658. The van der Waals surface area contributed by atoms with E-state index >= 15 is 0 Å². The highest BCUT2D eigenvalue weighted by Gasteiger charge is 2.51. The Morgan fingerprint density at radius 1 is 1.00 bits per heavy atom. The van der Waals surface area contributed by atoms with Crippen LogP contribution in [0.4, 0.5) is 5.69 Å². The second kappa shape index (κ2) is 6.75. The maximum Gasteiger partial charge on any atom is 0.271 e. The normalized spacial score (nSPS) is 23.6. The third kappa shape index (κ3) is 3.12. The zero-order valence-electron chi connectivity index (χ0n) is 14.0. The van der Waals surface area contributed by atoms with E-state index in [0.717, 1.165) is 46.6 Å². The molecule has 0 aliphatic carbocycles. The molecule has 0 unspecified atom stereocenters. The number of benzene rings is 2. The first-order valence-corrected chi connectivity index (χ1v) is 9.90. The molecule has 0 saturated carbocycles. The average molecular weight is 421 g/mol. The van der Waals surface area contributed by atoms with Crippen LogP contribution in [-0.2, 0) is 5.72 Å². The Morgan fingerprint density at radius 3 is 2.44 bits per heavy atom. The Bertz CT molecular complexity index is 803. The highest BCUT2D eigenvalue weighted by atomic mass is 79.9. The molecule has 0 saturated heterocycles. The molecule has 0 radical (unpaired) electrons. The number of rotatable bonds is 2. The van der Waals surface area contributed by atoms with E-state index < -0.39 is 5.72 Å². The number of hydrogen-bond acceptors (Lipinski definition) is 2. The molecule has 0 fully saturated rings. The molecule has 5 heteroatoms. The maximum atomic E-state index is 11.7. The topological polar surface area (TPSA) is 26.5 Å². The maximum absolute atomic E-state index is 11.7. The Labute approximate surface area is 161 Å². The van der Waals surface area contributed by atoms with Crippen molar-refractivity contribution in [3.63, 3.8) is 0 Å². The van der Waals surface area contributed by atoms with E-state index in [1.807, 2.05) is 48.5 Å². The van der Waals surface area contributed by atoms with Gasteiger partial charge in [-0.05, 0) is 55.7 Å². The second-order valence-electron chi connectivity index (χ2n) is 6.76. The van der Waals surface area contributed by atoms with Gasteiger partial charge in [0, 0.05) is 21.5 Å². The van der Waals surface area contributed by atoms with Gasteiger partial charge in [-0.25, -0.2) is 9.48 Å². The van der Waals surface area contributed by atoms with Crippen LogP contribution in [0.3, 0.4) is 0 Å². The lowest BCUT2D eigenvalue weighted by Crippen LogP contribution is -2.41. The molecule has 1 N–H and O–H groups in total. The largest absolute Gasteiger partial charge is 0.346 e. The van der Waals surface area contributed by atoms with Crippen molar-refractivity contribution in [1.29, 1.82) is 0 Å². The first-order valence-electron chi connectivity index (χ1n) is 8.73. The molecule has 130 valence electrons. The van der Waals surface area contributed by atoms with Gasteiger partial charge in [0.25, 0.3) is 11.6 Å². The summed E-state index contributed by atoms with van der Waals surface area (Å²) in [5.41, 5.74) is 1.02. The van der Waals surface area contributed by atoms with Crippen LogP contribution in [0, 0.1) is 0 Å². The summed E-state index contributed by atoms with van der Waals surface area (Å²) < 4.78 is 3.23.